The van der Waals surface area contributed by atoms with E-state index >= 15 is 0 Å². The van der Waals surface area contributed by atoms with Crippen molar-refractivity contribution in [1.29, 1.82) is 0 Å². The van der Waals surface area contributed by atoms with Crippen molar-refractivity contribution < 1.29 is 13.3 Å². The fraction of sp³-hybridized carbons (Fsp3) is 0.556. The monoisotopic (exact) mass is 452 g/mol. The molecule has 0 radical (unpaired) electrons. The molecule has 1 aromatic carbocycles. The molecule has 2 aromatic rings. The fourth-order valence-corrected chi connectivity index (χ4v) is 5.70. The van der Waals surface area contributed by atoms with Crippen LogP contribution in [0.25, 0.3) is 0 Å². The van der Waals surface area contributed by atoms with E-state index in [-0.39, 0.29) is 10.6 Å². The molecule has 2 fully saturated rings. The lowest BCUT2D eigenvalue weighted by atomic mass is 9.90. The van der Waals surface area contributed by atoms with Crippen LogP contribution in [0.15, 0.2) is 23.1 Å². The van der Waals surface area contributed by atoms with Crippen LogP contribution in [0.4, 0.5) is 16.5 Å². The quantitative estimate of drug-likeness (QED) is 0.540. The maximum Gasteiger partial charge on any atom is 0.293 e. The summed E-state index contributed by atoms with van der Waals surface area (Å²) in [6, 6.07) is 3.79. The lowest BCUT2D eigenvalue weighted by Gasteiger charge is -2.35. The van der Waals surface area contributed by atoms with E-state index in [0.29, 0.717) is 37.8 Å². The molecule has 2 heterocycles. The molecule has 12 heteroatoms. The summed E-state index contributed by atoms with van der Waals surface area (Å²) in [4.78, 5) is 14.7. The highest BCUT2D eigenvalue weighted by Gasteiger charge is 2.28. The van der Waals surface area contributed by atoms with Gasteiger partial charge in [-0.1, -0.05) is 30.6 Å². The maximum atomic E-state index is 11.5. The van der Waals surface area contributed by atoms with Gasteiger partial charge in [0.2, 0.25) is 15.2 Å². The summed E-state index contributed by atoms with van der Waals surface area (Å²) in [6.07, 6.45) is 6.16. The number of nitro groups is 1. The zero-order chi connectivity index (χ0) is 21.3. The number of sulfonamides is 1. The third-order valence-electron chi connectivity index (χ3n) is 5.75. The van der Waals surface area contributed by atoms with Gasteiger partial charge in [-0.15, -0.1) is 10.2 Å². The number of primary sulfonamides is 1. The van der Waals surface area contributed by atoms with Crippen molar-refractivity contribution in [1.82, 2.24) is 10.2 Å². The largest absolute Gasteiger partial charge is 0.362 e. The normalized spacial score (nSPS) is 18.6. The standard InChI is InChI=1S/C18H24N6O4S2/c19-30(27,28)14-6-7-15(16(12-14)24(25)26)22-8-10-23(11-9-22)18-21-20-17(29-18)13-4-2-1-3-5-13/h6-7,12-13H,1-5,8-11H2,(H2,19,27,28). The zero-order valence-corrected chi connectivity index (χ0v) is 18.1. The summed E-state index contributed by atoms with van der Waals surface area (Å²) in [5.41, 5.74) is 0.137. The molecule has 1 saturated carbocycles. The van der Waals surface area contributed by atoms with Crippen molar-refractivity contribution in [3.8, 4) is 0 Å². The minimum atomic E-state index is -4.00. The number of aromatic nitrogens is 2. The van der Waals surface area contributed by atoms with Gasteiger partial charge in [0.25, 0.3) is 5.69 Å². The average Bonchev–Trinajstić information content (AvgIpc) is 3.24. The van der Waals surface area contributed by atoms with Gasteiger partial charge in [-0.05, 0) is 25.0 Å². The molecule has 1 aliphatic carbocycles. The maximum absolute atomic E-state index is 11.5. The smallest absolute Gasteiger partial charge is 0.293 e. The number of nitrogens with zero attached hydrogens (tertiary/aromatic N) is 5. The van der Waals surface area contributed by atoms with Gasteiger partial charge in [0, 0.05) is 38.2 Å². The summed E-state index contributed by atoms with van der Waals surface area (Å²) in [7, 11) is -4.00. The fourth-order valence-electron chi connectivity index (χ4n) is 4.10. The predicted octanol–water partition coefficient (Wildman–Crippen LogP) is 2.47. The summed E-state index contributed by atoms with van der Waals surface area (Å²) in [5.74, 6) is 0.520. The Balaban J connectivity index is 1.46. The number of nitrogens with two attached hydrogens (primary N) is 1. The number of benzene rings is 1. The second-order valence-electron chi connectivity index (χ2n) is 7.68. The minimum Gasteiger partial charge on any atom is -0.362 e. The van der Waals surface area contributed by atoms with E-state index in [4.69, 9.17) is 5.14 Å². The van der Waals surface area contributed by atoms with E-state index in [9.17, 15) is 18.5 Å². The van der Waals surface area contributed by atoms with Gasteiger partial charge in [0.15, 0.2) is 0 Å². The summed E-state index contributed by atoms with van der Waals surface area (Å²) in [6.45, 7) is 2.45. The van der Waals surface area contributed by atoms with Crippen molar-refractivity contribution in [3.05, 3.63) is 33.3 Å². The van der Waals surface area contributed by atoms with Crippen LogP contribution in [-0.2, 0) is 10.0 Å². The summed E-state index contributed by atoms with van der Waals surface area (Å²) >= 11 is 1.65. The lowest BCUT2D eigenvalue weighted by molar-refractivity contribution is -0.384. The van der Waals surface area contributed by atoms with E-state index in [2.05, 4.69) is 15.1 Å². The van der Waals surface area contributed by atoms with Gasteiger partial charge in [-0.3, -0.25) is 10.1 Å². The number of nitro benzene ring substituents is 1. The number of piperazine rings is 1. The molecular formula is C18H24N6O4S2. The SMILES string of the molecule is NS(=O)(=O)c1ccc(N2CCN(c3nnc(C4CCCCC4)s3)CC2)c([N+](=O)[O-])c1. The number of anilines is 2. The van der Waals surface area contributed by atoms with E-state index < -0.39 is 14.9 Å². The van der Waals surface area contributed by atoms with Gasteiger partial charge in [-0.2, -0.15) is 0 Å². The van der Waals surface area contributed by atoms with Crippen LogP contribution in [0.3, 0.4) is 0 Å². The van der Waals surface area contributed by atoms with Crippen molar-refractivity contribution in [3.63, 3.8) is 0 Å². The number of hydrogen-bond acceptors (Lipinski definition) is 9. The first-order valence-electron chi connectivity index (χ1n) is 9.97. The molecule has 0 amide bonds. The second kappa shape index (κ2) is 8.44. The van der Waals surface area contributed by atoms with Crippen LogP contribution in [0, 0.1) is 10.1 Å². The molecule has 0 unspecified atom stereocenters. The molecule has 1 aromatic heterocycles. The topological polar surface area (TPSA) is 136 Å². The highest BCUT2D eigenvalue weighted by atomic mass is 32.2. The van der Waals surface area contributed by atoms with Crippen molar-refractivity contribution in [2.75, 3.05) is 36.0 Å². The first kappa shape index (κ1) is 20.9. The molecule has 0 atom stereocenters. The lowest BCUT2D eigenvalue weighted by Crippen LogP contribution is -2.46. The van der Waals surface area contributed by atoms with Gasteiger partial charge in [-0.25, -0.2) is 13.6 Å². The molecule has 0 bridgehead atoms. The van der Waals surface area contributed by atoms with Crippen LogP contribution >= 0.6 is 11.3 Å². The third kappa shape index (κ3) is 4.40. The molecule has 1 aliphatic heterocycles. The Morgan fingerprint density at radius 2 is 1.73 bits per heavy atom. The van der Waals surface area contributed by atoms with E-state index in [1.807, 2.05) is 4.90 Å². The molecule has 2 aliphatic rings. The van der Waals surface area contributed by atoms with Crippen molar-refractivity contribution in [2.45, 2.75) is 42.9 Å². The van der Waals surface area contributed by atoms with Crippen molar-refractivity contribution >= 4 is 37.9 Å². The molecule has 0 spiro atoms. The summed E-state index contributed by atoms with van der Waals surface area (Å²) < 4.78 is 23.1. The van der Waals surface area contributed by atoms with Gasteiger partial charge in [0.1, 0.15) is 10.7 Å². The zero-order valence-electron chi connectivity index (χ0n) is 16.4. The Morgan fingerprint density at radius 1 is 1.07 bits per heavy atom. The molecule has 4 rings (SSSR count). The molecule has 162 valence electrons. The summed E-state index contributed by atoms with van der Waals surface area (Å²) in [5, 5.41) is 27.4. The van der Waals surface area contributed by atoms with E-state index in [1.165, 1.54) is 44.2 Å². The van der Waals surface area contributed by atoms with Gasteiger partial charge < -0.3 is 9.80 Å². The minimum absolute atomic E-state index is 0.259. The van der Waals surface area contributed by atoms with Crippen LogP contribution in [0.2, 0.25) is 0 Å². The molecule has 2 N–H and O–H groups in total. The van der Waals surface area contributed by atoms with Gasteiger partial charge >= 0.3 is 0 Å². The second-order valence-corrected chi connectivity index (χ2v) is 10.2. The first-order valence-corrected chi connectivity index (χ1v) is 12.3. The third-order valence-corrected chi connectivity index (χ3v) is 7.80. The highest BCUT2D eigenvalue weighted by molar-refractivity contribution is 7.89. The highest BCUT2D eigenvalue weighted by Crippen LogP contribution is 2.37. The van der Waals surface area contributed by atoms with Crippen LogP contribution < -0.4 is 14.9 Å². The Hall–Kier alpha value is -2.31. The molecular weight excluding hydrogens is 428 g/mol. The van der Waals surface area contributed by atoms with E-state index in [0.717, 1.165) is 16.2 Å². The Bertz CT molecular complexity index is 1030. The predicted molar refractivity (Wildman–Crippen MR) is 115 cm³/mol. The first-order chi connectivity index (χ1) is 14.3. The number of rotatable bonds is 5. The Morgan fingerprint density at radius 3 is 2.37 bits per heavy atom. The molecule has 30 heavy (non-hydrogen) atoms. The Labute approximate surface area is 178 Å². The van der Waals surface area contributed by atoms with E-state index in [1.54, 1.807) is 11.3 Å². The number of hydrogen-bond donors (Lipinski definition) is 1. The average molecular weight is 453 g/mol. The van der Waals surface area contributed by atoms with Crippen LogP contribution in [0.5, 0.6) is 0 Å². The molecule has 10 nitrogen and oxygen atoms in total. The van der Waals surface area contributed by atoms with Gasteiger partial charge in [0.05, 0.1) is 9.82 Å². The Kier molecular flexibility index (Phi) is 5.89. The van der Waals surface area contributed by atoms with Crippen molar-refractivity contribution in [2.24, 2.45) is 5.14 Å². The van der Waals surface area contributed by atoms with Crippen LogP contribution in [0.1, 0.15) is 43.0 Å². The molecule has 1 saturated heterocycles. The van der Waals surface area contributed by atoms with Crippen LogP contribution in [-0.4, -0.2) is 49.7 Å².